The van der Waals surface area contributed by atoms with E-state index in [4.69, 9.17) is 4.74 Å². The van der Waals surface area contributed by atoms with Crippen molar-refractivity contribution < 1.29 is 9.53 Å². The lowest BCUT2D eigenvalue weighted by atomic mass is 10.1. The molecule has 2 N–H and O–H groups in total. The molecule has 9 heteroatoms. The van der Waals surface area contributed by atoms with Gasteiger partial charge in [-0.2, -0.15) is 4.98 Å². The van der Waals surface area contributed by atoms with Gasteiger partial charge in [-0.1, -0.05) is 24.8 Å². The molecule has 1 aliphatic rings. The number of anilines is 3. The SMILES string of the molecule is C=CC(=O)Nc1cccc(Oc2nc(Nc3ccc(CCCN4CCN(C)CC4)cc3)nc3ccsc23)c1. The Balaban J connectivity index is 1.23. The summed E-state index contributed by atoms with van der Waals surface area (Å²) in [5, 5.41) is 8.03. The maximum Gasteiger partial charge on any atom is 0.247 e. The molecule has 3 heterocycles. The number of thiophene rings is 1. The number of fused-ring (bicyclic) bond motifs is 1. The van der Waals surface area contributed by atoms with Crippen molar-refractivity contribution in [3.05, 3.63) is 78.2 Å². The summed E-state index contributed by atoms with van der Waals surface area (Å²) in [5.41, 5.74) is 3.67. The third kappa shape index (κ3) is 6.74. The maximum absolute atomic E-state index is 11.7. The van der Waals surface area contributed by atoms with Gasteiger partial charge in [-0.25, -0.2) is 4.98 Å². The first-order chi connectivity index (χ1) is 18.6. The Morgan fingerprint density at radius 2 is 1.89 bits per heavy atom. The molecule has 0 bridgehead atoms. The zero-order valence-electron chi connectivity index (χ0n) is 21.5. The van der Waals surface area contributed by atoms with Crippen molar-refractivity contribution in [2.75, 3.05) is 50.4 Å². The molecule has 1 fully saturated rings. The highest BCUT2D eigenvalue weighted by atomic mass is 32.1. The Labute approximate surface area is 227 Å². The molecule has 0 atom stereocenters. The molecule has 5 rings (SSSR count). The van der Waals surface area contributed by atoms with Crippen LogP contribution in [0.3, 0.4) is 0 Å². The van der Waals surface area contributed by atoms with Gasteiger partial charge in [0.15, 0.2) is 0 Å². The van der Waals surface area contributed by atoms with E-state index in [2.05, 4.69) is 68.3 Å². The lowest BCUT2D eigenvalue weighted by molar-refractivity contribution is -0.111. The predicted molar refractivity (Wildman–Crippen MR) is 155 cm³/mol. The van der Waals surface area contributed by atoms with Gasteiger partial charge in [-0.15, -0.1) is 11.3 Å². The first-order valence-electron chi connectivity index (χ1n) is 12.8. The highest BCUT2D eigenvalue weighted by Gasteiger charge is 2.14. The summed E-state index contributed by atoms with van der Waals surface area (Å²) in [5.74, 6) is 1.20. The van der Waals surface area contributed by atoms with E-state index < -0.39 is 0 Å². The average Bonchev–Trinajstić information content (AvgIpc) is 3.40. The van der Waals surface area contributed by atoms with Gasteiger partial charge >= 0.3 is 0 Å². The number of ether oxygens (including phenoxy) is 1. The van der Waals surface area contributed by atoms with Crippen molar-refractivity contribution >= 4 is 44.8 Å². The standard InChI is InChI=1S/C29H32N6O2S/c1-3-26(36)30-23-7-4-8-24(20-23)37-28-27-25(13-19-38-27)32-29(33-28)31-22-11-9-21(10-12-22)6-5-14-35-17-15-34(2)16-18-35/h3-4,7-13,19-20H,1,5-6,14-18H2,2H3,(H,30,36)(H,31,32,33). The van der Waals surface area contributed by atoms with Gasteiger partial charge in [0.25, 0.3) is 0 Å². The van der Waals surface area contributed by atoms with Crippen LogP contribution < -0.4 is 15.4 Å². The highest BCUT2D eigenvalue weighted by Crippen LogP contribution is 2.33. The number of nitrogens with one attached hydrogen (secondary N) is 2. The summed E-state index contributed by atoms with van der Waals surface area (Å²) in [7, 11) is 2.19. The fraction of sp³-hybridized carbons (Fsp3) is 0.276. The summed E-state index contributed by atoms with van der Waals surface area (Å²) >= 11 is 1.52. The maximum atomic E-state index is 11.7. The molecule has 1 saturated heterocycles. The lowest BCUT2D eigenvalue weighted by Gasteiger charge is -2.32. The number of nitrogens with zero attached hydrogens (tertiary/aromatic N) is 4. The molecule has 0 spiro atoms. The molecule has 8 nitrogen and oxygen atoms in total. The Kier molecular flexibility index (Phi) is 8.28. The molecular weight excluding hydrogens is 496 g/mol. The quantitative estimate of drug-likeness (QED) is 0.262. The van der Waals surface area contributed by atoms with Gasteiger partial charge in [0.2, 0.25) is 17.7 Å². The number of benzene rings is 2. The fourth-order valence-corrected chi connectivity index (χ4v) is 5.12. The van der Waals surface area contributed by atoms with E-state index >= 15 is 0 Å². The van der Waals surface area contributed by atoms with E-state index in [0.717, 1.165) is 61.5 Å². The number of rotatable bonds is 10. The zero-order chi connectivity index (χ0) is 26.3. The number of aryl methyl sites for hydroxylation is 1. The van der Waals surface area contributed by atoms with E-state index in [0.29, 0.717) is 23.3 Å². The summed E-state index contributed by atoms with van der Waals surface area (Å²) in [4.78, 5) is 25.9. The van der Waals surface area contributed by atoms with E-state index in [9.17, 15) is 4.79 Å². The monoisotopic (exact) mass is 528 g/mol. The minimum atomic E-state index is -0.280. The second-order valence-electron chi connectivity index (χ2n) is 9.38. The largest absolute Gasteiger partial charge is 0.437 e. The van der Waals surface area contributed by atoms with Gasteiger partial charge in [0, 0.05) is 43.6 Å². The van der Waals surface area contributed by atoms with Crippen molar-refractivity contribution in [1.29, 1.82) is 0 Å². The van der Waals surface area contributed by atoms with Crippen LogP contribution in [-0.2, 0) is 11.2 Å². The second-order valence-corrected chi connectivity index (χ2v) is 10.3. The van der Waals surface area contributed by atoms with Crippen LogP contribution >= 0.6 is 11.3 Å². The predicted octanol–water partition coefficient (Wildman–Crippen LogP) is 5.53. The van der Waals surface area contributed by atoms with Crippen molar-refractivity contribution in [3.8, 4) is 11.6 Å². The Bertz CT molecular complexity index is 1400. The number of piperazine rings is 1. The lowest BCUT2D eigenvalue weighted by Crippen LogP contribution is -2.44. The van der Waals surface area contributed by atoms with Crippen LogP contribution in [-0.4, -0.2) is 65.4 Å². The molecule has 0 radical (unpaired) electrons. The number of carbonyl (C=O) groups excluding carboxylic acids is 1. The zero-order valence-corrected chi connectivity index (χ0v) is 22.3. The van der Waals surface area contributed by atoms with Crippen LogP contribution in [0.25, 0.3) is 10.2 Å². The van der Waals surface area contributed by atoms with Gasteiger partial charge in [-0.3, -0.25) is 4.79 Å². The third-order valence-electron chi connectivity index (χ3n) is 6.52. The van der Waals surface area contributed by atoms with Crippen LogP contribution in [0.5, 0.6) is 11.6 Å². The highest BCUT2D eigenvalue weighted by molar-refractivity contribution is 7.17. The summed E-state index contributed by atoms with van der Waals surface area (Å²) < 4.78 is 6.99. The average molecular weight is 529 g/mol. The number of hydrogen-bond acceptors (Lipinski definition) is 8. The Morgan fingerprint density at radius 1 is 1.08 bits per heavy atom. The van der Waals surface area contributed by atoms with Gasteiger partial charge in [0.05, 0.1) is 5.52 Å². The van der Waals surface area contributed by atoms with Crippen molar-refractivity contribution in [1.82, 2.24) is 19.8 Å². The van der Waals surface area contributed by atoms with Gasteiger partial charge in [0.1, 0.15) is 10.4 Å². The summed E-state index contributed by atoms with van der Waals surface area (Å²) in [6.07, 6.45) is 3.45. The number of amides is 1. The number of hydrogen-bond donors (Lipinski definition) is 2. The van der Waals surface area contributed by atoms with Crippen molar-refractivity contribution in [2.45, 2.75) is 12.8 Å². The number of likely N-dealkylation sites (N-methyl/N-ethyl adjacent to an activating group) is 1. The summed E-state index contributed by atoms with van der Waals surface area (Å²) in [6.45, 7) is 9.28. The molecule has 0 unspecified atom stereocenters. The smallest absolute Gasteiger partial charge is 0.247 e. The van der Waals surface area contributed by atoms with E-state index in [1.54, 1.807) is 12.1 Å². The molecular formula is C29H32N6O2S. The summed E-state index contributed by atoms with van der Waals surface area (Å²) in [6, 6.07) is 17.6. The van der Waals surface area contributed by atoms with Crippen LogP contribution in [0.2, 0.25) is 0 Å². The molecule has 2 aromatic carbocycles. The van der Waals surface area contributed by atoms with Crippen LogP contribution in [0.4, 0.5) is 17.3 Å². The fourth-order valence-electron chi connectivity index (χ4n) is 4.37. The van der Waals surface area contributed by atoms with Crippen molar-refractivity contribution in [3.63, 3.8) is 0 Å². The van der Waals surface area contributed by atoms with Crippen LogP contribution in [0, 0.1) is 0 Å². The normalized spacial score (nSPS) is 14.3. The van der Waals surface area contributed by atoms with E-state index in [-0.39, 0.29) is 5.91 Å². The van der Waals surface area contributed by atoms with E-state index in [1.165, 1.54) is 23.0 Å². The minimum Gasteiger partial charge on any atom is -0.437 e. The molecule has 0 aliphatic carbocycles. The van der Waals surface area contributed by atoms with Crippen LogP contribution in [0.1, 0.15) is 12.0 Å². The van der Waals surface area contributed by atoms with Gasteiger partial charge in [-0.05, 0) is 73.8 Å². The number of aromatic nitrogens is 2. The Hall–Kier alpha value is -3.79. The first-order valence-corrected chi connectivity index (χ1v) is 13.7. The van der Waals surface area contributed by atoms with Crippen LogP contribution in [0.15, 0.2) is 72.6 Å². The van der Waals surface area contributed by atoms with E-state index in [1.807, 2.05) is 23.6 Å². The molecule has 2 aromatic heterocycles. The molecule has 38 heavy (non-hydrogen) atoms. The Morgan fingerprint density at radius 3 is 2.68 bits per heavy atom. The molecule has 196 valence electrons. The third-order valence-corrected chi connectivity index (χ3v) is 7.41. The molecule has 0 saturated carbocycles. The van der Waals surface area contributed by atoms with Crippen molar-refractivity contribution in [2.24, 2.45) is 0 Å². The van der Waals surface area contributed by atoms with Gasteiger partial charge < -0.3 is 25.2 Å². The second kappa shape index (κ2) is 12.2. The number of carbonyl (C=O) groups is 1. The molecule has 1 aliphatic heterocycles. The minimum absolute atomic E-state index is 0.280. The first kappa shape index (κ1) is 25.8. The molecule has 4 aromatic rings. The molecule has 1 amide bonds. The topological polar surface area (TPSA) is 82.6 Å².